The highest BCUT2D eigenvalue weighted by Crippen LogP contribution is 2.37. The van der Waals surface area contributed by atoms with Gasteiger partial charge in [0.25, 0.3) is 0 Å². The van der Waals surface area contributed by atoms with Crippen molar-refractivity contribution in [1.82, 2.24) is 9.88 Å². The molecular formula is C31H35Cl2N3O3. The van der Waals surface area contributed by atoms with Gasteiger partial charge in [0.15, 0.2) is 5.78 Å². The smallest absolute Gasteiger partial charge is 0.225 e. The summed E-state index contributed by atoms with van der Waals surface area (Å²) in [6.07, 6.45) is 10.3. The number of Topliss-reactive ketones (excluding diaryl/α,β-unsaturated/α-hetero) is 1. The van der Waals surface area contributed by atoms with Crippen LogP contribution < -0.4 is 9.64 Å². The van der Waals surface area contributed by atoms with Gasteiger partial charge in [0.05, 0.1) is 10.4 Å². The van der Waals surface area contributed by atoms with E-state index in [2.05, 4.69) is 29.0 Å². The Morgan fingerprint density at radius 1 is 1.08 bits per heavy atom. The highest BCUT2D eigenvalue weighted by molar-refractivity contribution is 6.30. The molecule has 0 spiro atoms. The Morgan fingerprint density at radius 2 is 1.82 bits per heavy atom. The number of halogens is 2. The normalized spacial score (nSPS) is 24.4. The molecule has 1 aromatic heterocycles. The molecule has 0 N–H and O–H groups in total. The number of amides is 1. The molecule has 2 saturated heterocycles. The molecule has 2 aromatic rings. The second-order valence-corrected chi connectivity index (χ2v) is 11.8. The Bertz CT molecular complexity index is 1240. The number of hydrogen-bond acceptors (Lipinski definition) is 5. The van der Waals surface area contributed by atoms with Gasteiger partial charge in [-0.05, 0) is 69.0 Å². The Kier molecular flexibility index (Phi) is 8.63. The van der Waals surface area contributed by atoms with Gasteiger partial charge in [-0.25, -0.2) is 4.98 Å². The minimum absolute atomic E-state index is 0.00870. The van der Waals surface area contributed by atoms with E-state index in [0.29, 0.717) is 24.0 Å². The number of pyridine rings is 1. The van der Waals surface area contributed by atoms with Gasteiger partial charge in [0.2, 0.25) is 11.8 Å². The molecule has 2 aliphatic heterocycles. The number of hydrogen-bond donors (Lipinski definition) is 0. The van der Waals surface area contributed by atoms with Crippen molar-refractivity contribution in [3.63, 3.8) is 0 Å². The summed E-state index contributed by atoms with van der Waals surface area (Å²) in [5.41, 5.74) is 3.05. The largest absolute Gasteiger partial charge is 0.474 e. The molecule has 39 heavy (non-hydrogen) atoms. The van der Waals surface area contributed by atoms with Crippen LogP contribution in [0.2, 0.25) is 5.02 Å². The van der Waals surface area contributed by atoms with Crippen molar-refractivity contribution < 1.29 is 14.3 Å². The van der Waals surface area contributed by atoms with Crippen LogP contribution >= 0.6 is 23.2 Å². The fraction of sp³-hybridized carbons (Fsp3) is 0.452. The number of allylic oxidation sites excluding steroid dienone is 3. The van der Waals surface area contributed by atoms with Crippen LogP contribution in [0.4, 0.5) is 5.69 Å². The van der Waals surface area contributed by atoms with Gasteiger partial charge in [-0.2, -0.15) is 0 Å². The predicted octanol–water partition coefficient (Wildman–Crippen LogP) is 6.19. The fourth-order valence-corrected chi connectivity index (χ4v) is 6.26. The highest BCUT2D eigenvalue weighted by Gasteiger charge is 2.42. The molecule has 2 fully saturated rings. The second kappa shape index (κ2) is 12.1. The summed E-state index contributed by atoms with van der Waals surface area (Å²) < 4.78 is 6.24. The van der Waals surface area contributed by atoms with E-state index >= 15 is 0 Å². The summed E-state index contributed by atoms with van der Waals surface area (Å²) in [6, 6.07) is 11.3. The SMILES string of the molecule is CC(=O)c1ccc(N2CCC(C(=O)N3CC(C4=CCC(Cl)C=C4)C(C(C)Oc4ccc(Cl)cn4)C3)CC2)cc1. The standard InChI is InChI=1S/C31H35Cl2N3O3/c1-20(37)22-5-10-27(11-6-22)35-15-13-24(14-16-35)31(38)36-18-28(21(2)39-30-12-9-26(33)17-34-30)29(19-36)23-3-7-25(32)8-4-23/h3-7,9-12,17,21,24-25,28-29H,8,13-16,18-19H2,1-2H3. The molecule has 6 nitrogen and oxygen atoms in total. The summed E-state index contributed by atoms with van der Waals surface area (Å²) >= 11 is 12.3. The van der Waals surface area contributed by atoms with Crippen LogP contribution in [-0.4, -0.2) is 59.2 Å². The lowest BCUT2D eigenvalue weighted by Crippen LogP contribution is -2.42. The molecule has 0 saturated carbocycles. The number of ketones is 1. The number of piperidine rings is 1. The van der Waals surface area contributed by atoms with Crippen molar-refractivity contribution in [3.8, 4) is 5.88 Å². The maximum atomic E-state index is 13.8. The van der Waals surface area contributed by atoms with E-state index in [4.69, 9.17) is 27.9 Å². The van der Waals surface area contributed by atoms with E-state index in [-0.39, 0.29) is 40.9 Å². The van der Waals surface area contributed by atoms with Crippen LogP contribution in [0.25, 0.3) is 0 Å². The first-order chi connectivity index (χ1) is 18.8. The molecule has 0 radical (unpaired) electrons. The summed E-state index contributed by atoms with van der Waals surface area (Å²) in [5, 5.41) is 0.583. The van der Waals surface area contributed by atoms with Crippen molar-refractivity contribution >= 4 is 40.6 Å². The molecular weight excluding hydrogens is 533 g/mol. The number of rotatable bonds is 7. The quantitative estimate of drug-likeness (QED) is 0.295. The van der Waals surface area contributed by atoms with Gasteiger partial charge in [-0.15, -0.1) is 11.6 Å². The first-order valence-electron chi connectivity index (χ1n) is 13.7. The number of aromatic nitrogens is 1. The molecule has 3 aliphatic rings. The van der Waals surface area contributed by atoms with Crippen molar-refractivity contribution in [2.24, 2.45) is 17.8 Å². The highest BCUT2D eigenvalue weighted by atomic mass is 35.5. The van der Waals surface area contributed by atoms with Gasteiger partial charge in [-0.1, -0.05) is 29.8 Å². The Hall–Kier alpha value is -2.83. The number of nitrogens with zero attached hydrogens (tertiary/aromatic N) is 3. The molecule has 4 unspecified atom stereocenters. The predicted molar refractivity (Wildman–Crippen MR) is 156 cm³/mol. The number of carbonyl (C=O) groups is 2. The molecule has 5 rings (SSSR count). The minimum atomic E-state index is -0.135. The first kappa shape index (κ1) is 27.7. The van der Waals surface area contributed by atoms with Gasteiger partial charge in [-0.3, -0.25) is 9.59 Å². The third kappa shape index (κ3) is 6.50. The van der Waals surface area contributed by atoms with Crippen molar-refractivity contribution in [3.05, 3.63) is 77.0 Å². The zero-order chi connectivity index (χ0) is 27.5. The van der Waals surface area contributed by atoms with Crippen molar-refractivity contribution in [2.75, 3.05) is 31.1 Å². The lowest BCUT2D eigenvalue weighted by atomic mass is 9.83. The molecule has 8 heteroatoms. The van der Waals surface area contributed by atoms with Crippen LogP contribution in [0.15, 0.2) is 66.4 Å². The van der Waals surface area contributed by atoms with Crippen LogP contribution in [-0.2, 0) is 4.79 Å². The molecule has 206 valence electrons. The Morgan fingerprint density at radius 3 is 2.44 bits per heavy atom. The number of carbonyl (C=O) groups excluding carboxylic acids is 2. The summed E-state index contributed by atoms with van der Waals surface area (Å²) in [6.45, 7) is 6.63. The van der Waals surface area contributed by atoms with E-state index < -0.39 is 0 Å². The van der Waals surface area contributed by atoms with Gasteiger partial charge >= 0.3 is 0 Å². The number of ether oxygens (including phenoxy) is 1. The van der Waals surface area contributed by atoms with E-state index in [0.717, 1.165) is 43.6 Å². The third-order valence-electron chi connectivity index (χ3n) is 8.27. The van der Waals surface area contributed by atoms with Crippen LogP contribution in [0, 0.1) is 17.8 Å². The monoisotopic (exact) mass is 567 g/mol. The van der Waals surface area contributed by atoms with Crippen LogP contribution in [0.3, 0.4) is 0 Å². The van der Waals surface area contributed by atoms with Gasteiger partial charge < -0.3 is 14.5 Å². The first-order valence-corrected chi connectivity index (χ1v) is 14.5. The third-order valence-corrected chi connectivity index (χ3v) is 8.82. The maximum Gasteiger partial charge on any atom is 0.225 e. The van der Waals surface area contributed by atoms with Crippen molar-refractivity contribution in [2.45, 2.75) is 44.6 Å². The topological polar surface area (TPSA) is 62.7 Å². The van der Waals surface area contributed by atoms with Gasteiger partial charge in [0.1, 0.15) is 6.10 Å². The van der Waals surface area contributed by atoms with E-state index in [9.17, 15) is 9.59 Å². The number of likely N-dealkylation sites (tertiary alicyclic amines) is 1. The zero-order valence-corrected chi connectivity index (χ0v) is 23.9. The molecule has 1 amide bonds. The molecule has 3 heterocycles. The number of alkyl halides is 1. The Balaban J connectivity index is 1.25. The van der Waals surface area contributed by atoms with Gasteiger partial charge in [0, 0.05) is 67.4 Å². The van der Waals surface area contributed by atoms with Crippen LogP contribution in [0.5, 0.6) is 5.88 Å². The molecule has 1 aromatic carbocycles. The lowest BCUT2D eigenvalue weighted by molar-refractivity contribution is -0.135. The zero-order valence-electron chi connectivity index (χ0n) is 22.4. The maximum absolute atomic E-state index is 13.8. The van der Waals surface area contributed by atoms with E-state index in [1.165, 1.54) is 5.57 Å². The average Bonchev–Trinajstić information content (AvgIpc) is 3.40. The van der Waals surface area contributed by atoms with Crippen molar-refractivity contribution in [1.29, 1.82) is 0 Å². The average molecular weight is 569 g/mol. The second-order valence-electron chi connectivity index (χ2n) is 10.8. The molecule has 4 atom stereocenters. The number of benzene rings is 1. The summed E-state index contributed by atoms with van der Waals surface area (Å²) in [4.78, 5) is 34.0. The van der Waals surface area contributed by atoms with E-state index in [1.54, 1.807) is 25.3 Å². The lowest BCUT2D eigenvalue weighted by Gasteiger charge is -2.34. The van der Waals surface area contributed by atoms with E-state index in [1.807, 2.05) is 35.2 Å². The molecule has 0 bridgehead atoms. The minimum Gasteiger partial charge on any atom is -0.474 e. The fourth-order valence-electron chi connectivity index (χ4n) is 5.98. The summed E-state index contributed by atoms with van der Waals surface area (Å²) in [5.74, 6) is 1.16. The number of anilines is 1. The molecule has 1 aliphatic carbocycles. The van der Waals surface area contributed by atoms with Crippen LogP contribution in [0.1, 0.15) is 43.5 Å². The summed E-state index contributed by atoms with van der Waals surface area (Å²) in [7, 11) is 0. The Labute approximate surface area is 240 Å².